The molecule has 4 heteroatoms. The van der Waals surface area contributed by atoms with E-state index in [1.165, 1.54) is 26.9 Å². The van der Waals surface area contributed by atoms with E-state index < -0.39 is 11.6 Å². The zero-order valence-corrected chi connectivity index (χ0v) is 11.4. The monoisotopic (exact) mass is 243 g/mol. The summed E-state index contributed by atoms with van der Waals surface area (Å²) in [5.74, 6) is -0.583. The number of hydrogen-bond acceptors (Lipinski definition) is 4. The van der Waals surface area contributed by atoms with Gasteiger partial charge in [0.2, 0.25) is 0 Å². The van der Waals surface area contributed by atoms with E-state index in [0.717, 1.165) is 12.8 Å². The van der Waals surface area contributed by atoms with Gasteiger partial charge < -0.3 is 15.2 Å². The highest BCUT2D eigenvalue weighted by Crippen LogP contribution is 2.35. The third-order valence-corrected chi connectivity index (χ3v) is 3.57. The van der Waals surface area contributed by atoms with Gasteiger partial charge >= 0.3 is 5.97 Å². The summed E-state index contributed by atoms with van der Waals surface area (Å²) < 4.78 is 4.57. The van der Waals surface area contributed by atoms with Gasteiger partial charge in [-0.3, -0.25) is 0 Å². The second-order valence-corrected chi connectivity index (χ2v) is 6.10. The predicted octanol–water partition coefficient (Wildman–Crippen LogP) is 1.47. The van der Waals surface area contributed by atoms with Gasteiger partial charge in [0, 0.05) is 12.6 Å². The van der Waals surface area contributed by atoms with Crippen molar-refractivity contribution in [2.24, 2.45) is 5.41 Å². The van der Waals surface area contributed by atoms with Crippen LogP contribution in [0.25, 0.3) is 0 Å². The average molecular weight is 243 g/mol. The Morgan fingerprint density at radius 3 is 2.76 bits per heavy atom. The van der Waals surface area contributed by atoms with Crippen LogP contribution in [0, 0.1) is 5.41 Å². The fraction of sp³-hybridized carbons (Fsp3) is 0.923. The smallest absolute Gasteiger partial charge is 0.338 e. The van der Waals surface area contributed by atoms with Crippen LogP contribution in [0.15, 0.2) is 0 Å². The molecule has 0 saturated heterocycles. The maximum atomic E-state index is 11.3. The second-order valence-electron chi connectivity index (χ2n) is 6.10. The minimum atomic E-state index is -1.43. The van der Waals surface area contributed by atoms with Crippen molar-refractivity contribution in [3.05, 3.63) is 0 Å². The van der Waals surface area contributed by atoms with Crippen molar-refractivity contribution in [2.45, 2.75) is 58.1 Å². The molecule has 0 aromatic heterocycles. The first-order valence-corrected chi connectivity index (χ1v) is 6.31. The molecular weight excluding hydrogens is 218 g/mol. The SMILES string of the molecule is COC(=O)C(C)(O)CNC1CCCC(C)(C)C1. The van der Waals surface area contributed by atoms with Crippen molar-refractivity contribution < 1.29 is 14.6 Å². The molecule has 0 aromatic rings. The molecule has 4 nitrogen and oxygen atoms in total. The Labute approximate surface area is 104 Å². The van der Waals surface area contributed by atoms with Crippen LogP contribution in [-0.4, -0.2) is 36.4 Å². The van der Waals surface area contributed by atoms with Crippen LogP contribution >= 0.6 is 0 Å². The minimum absolute atomic E-state index is 0.250. The number of ether oxygens (including phenoxy) is 1. The highest BCUT2D eigenvalue weighted by molar-refractivity contribution is 5.78. The lowest BCUT2D eigenvalue weighted by Gasteiger charge is -2.36. The third-order valence-electron chi connectivity index (χ3n) is 3.57. The first kappa shape index (κ1) is 14.5. The Morgan fingerprint density at radius 1 is 1.59 bits per heavy atom. The lowest BCUT2D eigenvalue weighted by molar-refractivity contribution is -0.160. The van der Waals surface area contributed by atoms with Crippen molar-refractivity contribution >= 4 is 5.97 Å². The quantitative estimate of drug-likeness (QED) is 0.734. The topological polar surface area (TPSA) is 58.6 Å². The third kappa shape index (κ3) is 4.28. The number of carbonyl (C=O) groups excluding carboxylic acids is 1. The summed E-state index contributed by atoms with van der Waals surface area (Å²) in [7, 11) is 1.29. The Bertz CT molecular complexity index is 274. The van der Waals surface area contributed by atoms with Crippen LogP contribution in [0.4, 0.5) is 0 Å². The molecule has 0 heterocycles. The number of methoxy groups -OCH3 is 1. The summed E-state index contributed by atoms with van der Waals surface area (Å²) in [4.78, 5) is 11.3. The normalized spacial score (nSPS) is 27.2. The van der Waals surface area contributed by atoms with E-state index in [4.69, 9.17) is 0 Å². The zero-order valence-electron chi connectivity index (χ0n) is 11.4. The molecule has 0 bridgehead atoms. The Hall–Kier alpha value is -0.610. The summed E-state index contributed by atoms with van der Waals surface area (Å²) in [6, 6.07) is 0.384. The van der Waals surface area contributed by atoms with Crippen LogP contribution < -0.4 is 5.32 Å². The van der Waals surface area contributed by atoms with Crippen LogP contribution in [0.3, 0.4) is 0 Å². The van der Waals surface area contributed by atoms with Crippen molar-refractivity contribution in [3.8, 4) is 0 Å². The van der Waals surface area contributed by atoms with E-state index in [1.54, 1.807) is 0 Å². The maximum Gasteiger partial charge on any atom is 0.338 e. The van der Waals surface area contributed by atoms with E-state index >= 15 is 0 Å². The lowest BCUT2D eigenvalue weighted by Crippen LogP contribution is -2.49. The number of rotatable bonds is 4. The molecule has 0 spiro atoms. The summed E-state index contributed by atoms with van der Waals surface area (Å²) in [5.41, 5.74) is -1.08. The lowest BCUT2D eigenvalue weighted by atomic mass is 9.75. The van der Waals surface area contributed by atoms with E-state index in [9.17, 15) is 9.90 Å². The molecule has 0 radical (unpaired) electrons. The van der Waals surface area contributed by atoms with Crippen molar-refractivity contribution in [2.75, 3.05) is 13.7 Å². The molecule has 2 atom stereocenters. The fourth-order valence-corrected chi connectivity index (χ4v) is 2.51. The van der Waals surface area contributed by atoms with E-state index in [0.29, 0.717) is 11.5 Å². The molecule has 2 N–H and O–H groups in total. The molecule has 2 unspecified atom stereocenters. The van der Waals surface area contributed by atoms with E-state index in [1.807, 2.05) is 0 Å². The predicted molar refractivity (Wildman–Crippen MR) is 66.7 cm³/mol. The average Bonchev–Trinajstić information content (AvgIpc) is 2.24. The molecule has 1 fully saturated rings. The van der Waals surface area contributed by atoms with E-state index in [2.05, 4.69) is 23.9 Å². The van der Waals surface area contributed by atoms with E-state index in [-0.39, 0.29) is 6.54 Å². The number of esters is 1. The minimum Gasteiger partial charge on any atom is -0.467 e. The zero-order chi connectivity index (χ0) is 13.1. The first-order chi connectivity index (χ1) is 7.77. The highest BCUT2D eigenvalue weighted by atomic mass is 16.5. The summed E-state index contributed by atoms with van der Waals surface area (Å²) in [6.45, 7) is 6.26. The summed E-state index contributed by atoms with van der Waals surface area (Å²) in [6.07, 6.45) is 4.65. The molecule has 0 aromatic carbocycles. The van der Waals surface area contributed by atoms with Gasteiger partial charge in [-0.05, 0) is 31.6 Å². The number of carbonyl (C=O) groups is 1. The molecule has 1 aliphatic carbocycles. The molecule has 0 amide bonds. The molecule has 17 heavy (non-hydrogen) atoms. The van der Waals surface area contributed by atoms with Gasteiger partial charge in [0.1, 0.15) is 0 Å². The van der Waals surface area contributed by atoms with Gasteiger partial charge in [-0.15, -0.1) is 0 Å². The number of nitrogens with one attached hydrogen (secondary N) is 1. The van der Waals surface area contributed by atoms with Gasteiger partial charge in [0.05, 0.1) is 7.11 Å². The van der Waals surface area contributed by atoms with Crippen LogP contribution in [0.2, 0.25) is 0 Å². The van der Waals surface area contributed by atoms with Crippen molar-refractivity contribution in [1.82, 2.24) is 5.32 Å². The molecule has 1 saturated carbocycles. The molecule has 0 aliphatic heterocycles. The van der Waals surface area contributed by atoms with Crippen molar-refractivity contribution in [1.29, 1.82) is 0 Å². The fourth-order valence-electron chi connectivity index (χ4n) is 2.51. The Morgan fingerprint density at radius 2 is 2.24 bits per heavy atom. The number of hydrogen-bond donors (Lipinski definition) is 2. The largest absolute Gasteiger partial charge is 0.467 e. The van der Waals surface area contributed by atoms with Gasteiger partial charge in [0.25, 0.3) is 0 Å². The van der Waals surface area contributed by atoms with Crippen LogP contribution in [0.5, 0.6) is 0 Å². The van der Waals surface area contributed by atoms with Crippen LogP contribution in [-0.2, 0) is 9.53 Å². The van der Waals surface area contributed by atoms with Crippen LogP contribution in [0.1, 0.15) is 46.5 Å². The first-order valence-electron chi connectivity index (χ1n) is 6.31. The van der Waals surface area contributed by atoms with Crippen molar-refractivity contribution in [3.63, 3.8) is 0 Å². The Kier molecular flexibility index (Phi) is 4.55. The maximum absolute atomic E-state index is 11.3. The van der Waals surface area contributed by atoms with Gasteiger partial charge in [-0.1, -0.05) is 20.3 Å². The standard InChI is InChI=1S/C13H25NO3/c1-12(2)7-5-6-10(8-12)14-9-13(3,16)11(15)17-4/h10,14,16H,5-9H2,1-4H3. The van der Waals surface area contributed by atoms with Gasteiger partial charge in [-0.25, -0.2) is 4.79 Å². The highest BCUT2D eigenvalue weighted by Gasteiger charge is 2.34. The molecule has 100 valence electrons. The molecular formula is C13H25NO3. The summed E-state index contributed by atoms with van der Waals surface area (Å²) >= 11 is 0. The Balaban J connectivity index is 2.43. The molecule has 1 aliphatic rings. The molecule has 1 rings (SSSR count). The van der Waals surface area contributed by atoms with Gasteiger partial charge in [-0.2, -0.15) is 0 Å². The summed E-state index contributed by atoms with van der Waals surface area (Å²) in [5, 5.41) is 13.2. The van der Waals surface area contributed by atoms with Gasteiger partial charge in [0.15, 0.2) is 5.60 Å². The second kappa shape index (κ2) is 5.36. The number of aliphatic hydroxyl groups is 1.